The van der Waals surface area contributed by atoms with E-state index in [1.54, 1.807) is 26.4 Å². The maximum atomic E-state index is 12.4. The average molecular weight is 409 g/mol. The van der Waals surface area contributed by atoms with Gasteiger partial charge < -0.3 is 20.5 Å². The number of carbonyl (C=O) groups is 2. The van der Waals surface area contributed by atoms with Gasteiger partial charge in [-0.05, 0) is 60.9 Å². The van der Waals surface area contributed by atoms with Crippen molar-refractivity contribution in [1.82, 2.24) is 4.90 Å². The summed E-state index contributed by atoms with van der Waals surface area (Å²) in [4.78, 5) is 26.0. The molecule has 0 bridgehead atoms. The van der Waals surface area contributed by atoms with Crippen LogP contribution in [0.25, 0.3) is 6.08 Å². The SMILES string of the molecule is COc1cc(/C=C/C(=O)Nc2cccc(CN3CCCC3C(N)=O)c2)cc(OC)c1. The highest BCUT2D eigenvalue weighted by atomic mass is 16.5. The number of primary amides is 1. The predicted molar refractivity (Wildman–Crippen MR) is 116 cm³/mol. The molecule has 0 aliphatic carbocycles. The van der Waals surface area contributed by atoms with Crippen LogP contribution < -0.4 is 20.5 Å². The monoisotopic (exact) mass is 409 g/mol. The van der Waals surface area contributed by atoms with E-state index in [4.69, 9.17) is 15.2 Å². The molecule has 2 aromatic carbocycles. The fraction of sp³-hybridized carbons (Fsp3) is 0.304. The van der Waals surface area contributed by atoms with E-state index in [1.807, 2.05) is 36.4 Å². The molecule has 7 heteroatoms. The Balaban J connectivity index is 1.64. The van der Waals surface area contributed by atoms with Crippen molar-refractivity contribution in [2.24, 2.45) is 5.73 Å². The zero-order chi connectivity index (χ0) is 21.5. The highest BCUT2D eigenvalue weighted by Gasteiger charge is 2.28. The van der Waals surface area contributed by atoms with Gasteiger partial charge in [0.15, 0.2) is 0 Å². The number of anilines is 1. The summed E-state index contributed by atoms with van der Waals surface area (Å²) in [5, 5.41) is 2.87. The molecule has 1 aliphatic rings. The predicted octanol–water partition coefficient (Wildman–Crippen LogP) is 2.81. The van der Waals surface area contributed by atoms with Crippen molar-refractivity contribution in [1.29, 1.82) is 0 Å². The van der Waals surface area contributed by atoms with Crippen molar-refractivity contribution < 1.29 is 19.1 Å². The maximum absolute atomic E-state index is 12.4. The maximum Gasteiger partial charge on any atom is 0.248 e. The number of carbonyl (C=O) groups excluding carboxylic acids is 2. The number of methoxy groups -OCH3 is 2. The molecule has 0 spiro atoms. The Morgan fingerprint density at radius 3 is 2.57 bits per heavy atom. The van der Waals surface area contributed by atoms with Crippen molar-refractivity contribution in [3.05, 3.63) is 59.7 Å². The molecule has 7 nitrogen and oxygen atoms in total. The first-order valence-electron chi connectivity index (χ1n) is 9.83. The van der Waals surface area contributed by atoms with Crippen LogP contribution in [0.15, 0.2) is 48.5 Å². The Kier molecular flexibility index (Phi) is 7.08. The van der Waals surface area contributed by atoms with Crippen LogP contribution in [0, 0.1) is 0 Å². The molecule has 2 amide bonds. The van der Waals surface area contributed by atoms with Crippen LogP contribution >= 0.6 is 0 Å². The lowest BCUT2D eigenvalue weighted by atomic mass is 10.1. The van der Waals surface area contributed by atoms with Crippen molar-refractivity contribution in [2.75, 3.05) is 26.1 Å². The number of ether oxygens (including phenoxy) is 2. The van der Waals surface area contributed by atoms with Crippen LogP contribution in [0.3, 0.4) is 0 Å². The van der Waals surface area contributed by atoms with E-state index in [0.717, 1.165) is 30.5 Å². The van der Waals surface area contributed by atoms with E-state index in [0.29, 0.717) is 23.7 Å². The summed E-state index contributed by atoms with van der Waals surface area (Å²) in [5.41, 5.74) is 8.00. The first-order valence-corrected chi connectivity index (χ1v) is 9.83. The number of rotatable bonds is 8. The molecular weight excluding hydrogens is 382 g/mol. The fourth-order valence-electron chi connectivity index (χ4n) is 3.60. The van der Waals surface area contributed by atoms with E-state index in [2.05, 4.69) is 10.2 Å². The zero-order valence-corrected chi connectivity index (χ0v) is 17.3. The molecule has 1 unspecified atom stereocenters. The number of nitrogens with two attached hydrogens (primary N) is 1. The van der Waals surface area contributed by atoms with Gasteiger partial charge in [-0.1, -0.05) is 12.1 Å². The van der Waals surface area contributed by atoms with Crippen molar-refractivity contribution in [3.63, 3.8) is 0 Å². The van der Waals surface area contributed by atoms with Crippen LogP contribution in [0.1, 0.15) is 24.0 Å². The van der Waals surface area contributed by atoms with Gasteiger partial charge in [0.25, 0.3) is 0 Å². The molecule has 0 radical (unpaired) electrons. The third-order valence-corrected chi connectivity index (χ3v) is 5.07. The fourth-order valence-corrected chi connectivity index (χ4v) is 3.60. The molecule has 158 valence electrons. The summed E-state index contributed by atoms with van der Waals surface area (Å²) < 4.78 is 10.5. The third-order valence-electron chi connectivity index (χ3n) is 5.07. The molecule has 1 atom stereocenters. The summed E-state index contributed by atoms with van der Waals surface area (Å²) in [6.45, 7) is 1.47. The van der Waals surface area contributed by atoms with Gasteiger partial charge in [0.2, 0.25) is 11.8 Å². The van der Waals surface area contributed by atoms with Gasteiger partial charge in [0.1, 0.15) is 11.5 Å². The van der Waals surface area contributed by atoms with Gasteiger partial charge in [-0.2, -0.15) is 0 Å². The van der Waals surface area contributed by atoms with Gasteiger partial charge in [-0.15, -0.1) is 0 Å². The molecule has 1 saturated heterocycles. The van der Waals surface area contributed by atoms with Crippen molar-refractivity contribution in [3.8, 4) is 11.5 Å². The van der Waals surface area contributed by atoms with E-state index in [-0.39, 0.29) is 17.9 Å². The van der Waals surface area contributed by atoms with Crippen LogP contribution in [0.2, 0.25) is 0 Å². The minimum atomic E-state index is -0.281. The molecule has 1 aliphatic heterocycles. The summed E-state index contributed by atoms with van der Waals surface area (Å²) in [5.74, 6) is 0.776. The smallest absolute Gasteiger partial charge is 0.248 e. The van der Waals surface area contributed by atoms with Crippen LogP contribution in [0.5, 0.6) is 11.5 Å². The summed E-state index contributed by atoms with van der Waals surface area (Å²) in [6, 6.07) is 12.8. The highest BCUT2D eigenvalue weighted by molar-refractivity contribution is 6.02. The van der Waals surface area contributed by atoms with Gasteiger partial charge in [-0.25, -0.2) is 0 Å². The van der Waals surface area contributed by atoms with Crippen LogP contribution in [-0.4, -0.2) is 43.5 Å². The Bertz CT molecular complexity index is 920. The zero-order valence-electron chi connectivity index (χ0n) is 17.3. The topological polar surface area (TPSA) is 93.9 Å². The average Bonchev–Trinajstić information content (AvgIpc) is 3.20. The second-order valence-corrected chi connectivity index (χ2v) is 7.20. The van der Waals surface area contributed by atoms with Crippen molar-refractivity contribution in [2.45, 2.75) is 25.4 Å². The number of nitrogens with zero attached hydrogens (tertiary/aromatic N) is 1. The lowest BCUT2D eigenvalue weighted by Gasteiger charge is -2.22. The first-order chi connectivity index (χ1) is 14.5. The molecular formula is C23H27N3O4. The van der Waals surface area contributed by atoms with Crippen LogP contribution in [-0.2, 0) is 16.1 Å². The molecule has 0 aromatic heterocycles. The number of hydrogen-bond donors (Lipinski definition) is 2. The Morgan fingerprint density at radius 2 is 1.90 bits per heavy atom. The molecule has 1 heterocycles. The van der Waals surface area contributed by atoms with Crippen LogP contribution in [0.4, 0.5) is 5.69 Å². The lowest BCUT2D eigenvalue weighted by molar-refractivity contribution is -0.122. The van der Waals surface area contributed by atoms with Gasteiger partial charge in [-0.3, -0.25) is 14.5 Å². The Hall–Kier alpha value is -3.32. The van der Waals surface area contributed by atoms with Crippen molar-refractivity contribution >= 4 is 23.6 Å². The van der Waals surface area contributed by atoms with E-state index < -0.39 is 0 Å². The summed E-state index contributed by atoms with van der Waals surface area (Å²) in [6.07, 6.45) is 4.92. The lowest BCUT2D eigenvalue weighted by Crippen LogP contribution is -2.39. The summed E-state index contributed by atoms with van der Waals surface area (Å²) in [7, 11) is 3.16. The van der Waals surface area contributed by atoms with Gasteiger partial charge in [0, 0.05) is 24.4 Å². The number of amides is 2. The van der Waals surface area contributed by atoms with Gasteiger partial charge >= 0.3 is 0 Å². The molecule has 2 aromatic rings. The molecule has 1 fully saturated rings. The Morgan fingerprint density at radius 1 is 1.17 bits per heavy atom. The minimum absolute atomic E-state index is 0.217. The van der Waals surface area contributed by atoms with E-state index in [9.17, 15) is 9.59 Å². The third kappa shape index (κ3) is 5.61. The molecule has 0 saturated carbocycles. The standard InChI is InChI=1S/C23H27N3O4/c1-29-19-12-16(13-20(14-19)30-2)8-9-22(27)25-18-6-3-5-17(11-18)15-26-10-4-7-21(26)23(24)28/h3,5-6,8-9,11-14,21H,4,7,10,15H2,1-2H3,(H2,24,28)(H,25,27)/b9-8+. The summed E-state index contributed by atoms with van der Waals surface area (Å²) >= 11 is 0. The quantitative estimate of drug-likeness (QED) is 0.654. The second-order valence-electron chi connectivity index (χ2n) is 7.20. The van der Waals surface area contributed by atoms with E-state index >= 15 is 0 Å². The number of likely N-dealkylation sites (tertiary alicyclic amines) is 1. The first kappa shape index (κ1) is 21.4. The number of hydrogen-bond acceptors (Lipinski definition) is 5. The number of benzene rings is 2. The van der Waals surface area contributed by atoms with E-state index in [1.165, 1.54) is 6.08 Å². The molecule has 30 heavy (non-hydrogen) atoms. The Labute approximate surface area is 176 Å². The second kappa shape index (κ2) is 9.93. The minimum Gasteiger partial charge on any atom is -0.497 e. The molecule has 3 N–H and O–H groups in total. The number of nitrogens with one attached hydrogen (secondary N) is 1. The largest absolute Gasteiger partial charge is 0.497 e. The molecule has 3 rings (SSSR count). The normalized spacial score (nSPS) is 16.5. The highest BCUT2D eigenvalue weighted by Crippen LogP contribution is 2.24. The van der Waals surface area contributed by atoms with Gasteiger partial charge in [0.05, 0.1) is 20.3 Å².